The zero-order valence-electron chi connectivity index (χ0n) is 11.7. The van der Waals surface area contributed by atoms with Gasteiger partial charge in [-0.2, -0.15) is 0 Å². The maximum absolute atomic E-state index is 12.4. The van der Waals surface area contributed by atoms with Crippen molar-refractivity contribution in [1.82, 2.24) is 4.90 Å². The van der Waals surface area contributed by atoms with Gasteiger partial charge in [0.1, 0.15) is 12.6 Å². The number of primary amides is 1. The van der Waals surface area contributed by atoms with Crippen LogP contribution in [0.4, 0.5) is 4.79 Å². The predicted molar refractivity (Wildman–Crippen MR) is 73.1 cm³/mol. The summed E-state index contributed by atoms with van der Waals surface area (Å²) in [5, 5.41) is 33.2. The van der Waals surface area contributed by atoms with Crippen molar-refractivity contribution in [3.63, 3.8) is 0 Å². The highest BCUT2D eigenvalue weighted by molar-refractivity contribution is 5.86. The van der Waals surface area contributed by atoms with Crippen molar-refractivity contribution in [3.05, 3.63) is 5.21 Å². The minimum absolute atomic E-state index is 0.0434. The SMILES string of the molecule is NC(=O)OCC1C2CC(N)=NC23N(CCC3(O)O)C(N)=[N+]1[O-]. The van der Waals surface area contributed by atoms with Crippen LogP contribution in [0.15, 0.2) is 4.99 Å². The minimum Gasteiger partial charge on any atom is -0.744 e. The normalized spacial score (nSPS) is 35.9. The number of amidine groups is 1. The van der Waals surface area contributed by atoms with Crippen LogP contribution < -0.4 is 17.2 Å². The van der Waals surface area contributed by atoms with Gasteiger partial charge >= 0.3 is 12.1 Å². The molecular weight excluding hydrogens is 296 g/mol. The van der Waals surface area contributed by atoms with Gasteiger partial charge in [-0.25, -0.2) is 14.7 Å². The molecule has 1 fully saturated rings. The van der Waals surface area contributed by atoms with Crippen molar-refractivity contribution in [3.8, 4) is 0 Å². The maximum Gasteiger partial charge on any atom is 0.404 e. The molecule has 0 aromatic carbocycles. The second-order valence-electron chi connectivity index (χ2n) is 5.74. The molecular formula is C11H18N6O5. The van der Waals surface area contributed by atoms with Gasteiger partial charge in [0.15, 0.2) is 0 Å². The zero-order chi connectivity index (χ0) is 16.3. The molecule has 0 aromatic rings. The van der Waals surface area contributed by atoms with Crippen LogP contribution in [0.2, 0.25) is 0 Å². The van der Waals surface area contributed by atoms with E-state index in [9.17, 15) is 20.2 Å². The van der Waals surface area contributed by atoms with Crippen LogP contribution in [-0.2, 0) is 4.74 Å². The van der Waals surface area contributed by atoms with Gasteiger partial charge in [0, 0.05) is 12.8 Å². The molecule has 3 atom stereocenters. The molecule has 22 heavy (non-hydrogen) atoms. The summed E-state index contributed by atoms with van der Waals surface area (Å²) in [4.78, 5) is 16.4. The number of amides is 1. The first kappa shape index (κ1) is 14.7. The molecule has 3 aliphatic rings. The first-order chi connectivity index (χ1) is 10.2. The Balaban J connectivity index is 2.08. The smallest absolute Gasteiger partial charge is 0.404 e. The predicted octanol–water partition coefficient (Wildman–Crippen LogP) is -3.25. The van der Waals surface area contributed by atoms with Crippen LogP contribution in [0, 0.1) is 11.1 Å². The second kappa shape index (κ2) is 4.36. The average Bonchev–Trinajstić information content (AvgIpc) is 2.89. The number of nitrogens with zero attached hydrogens (tertiary/aromatic N) is 3. The van der Waals surface area contributed by atoms with E-state index in [1.165, 1.54) is 4.90 Å². The van der Waals surface area contributed by atoms with Gasteiger partial charge in [-0.05, 0) is 0 Å². The summed E-state index contributed by atoms with van der Waals surface area (Å²) < 4.78 is 5.20. The molecule has 0 saturated carbocycles. The van der Waals surface area contributed by atoms with E-state index >= 15 is 0 Å². The first-order valence-electron chi connectivity index (χ1n) is 6.78. The van der Waals surface area contributed by atoms with Gasteiger partial charge in [0.2, 0.25) is 11.4 Å². The number of rotatable bonds is 2. The molecule has 0 radical (unpaired) electrons. The van der Waals surface area contributed by atoms with E-state index in [1.807, 2.05) is 0 Å². The van der Waals surface area contributed by atoms with Gasteiger partial charge in [-0.3, -0.25) is 10.5 Å². The Morgan fingerprint density at radius 1 is 1.55 bits per heavy atom. The molecule has 0 aromatic heterocycles. The monoisotopic (exact) mass is 314 g/mol. The lowest BCUT2D eigenvalue weighted by Gasteiger charge is -2.47. The molecule has 0 bridgehead atoms. The average molecular weight is 314 g/mol. The fourth-order valence-corrected chi connectivity index (χ4v) is 3.70. The van der Waals surface area contributed by atoms with Crippen molar-refractivity contribution in [2.45, 2.75) is 30.3 Å². The Labute approximate surface area is 125 Å². The number of carbonyl (C=O) groups is 1. The van der Waals surface area contributed by atoms with Crippen LogP contribution in [-0.4, -0.2) is 68.4 Å². The molecule has 1 saturated heterocycles. The number of ether oxygens (including phenoxy) is 1. The van der Waals surface area contributed by atoms with Crippen LogP contribution in [0.25, 0.3) is 0 Å². The standard InChI is InChI=1S/C11H18N6O5/c12-7-3-5-6(4-22-9(14)18)17(21)8(13)16-2-1-10(19,20)11(5,16)15-7/h5-6,19-20H,1-4,13H2,(H2,12,15)(H2,14,18). The molecule has 11 nitrogen and oxygen atoms in total. The molecule has 122 valence electrons. The number of guanidine groups is 1. The van der Waals surface area contributed by atoms with Gasteiger partial charge < -0.3 is 31.6 Å². The molecule has 1 spiro atoms. The third-order valence-electron chi connectivity index (χ3n) is 4.61. The van der Waals surface area contributed by atoms with Crippen LogP contribution in [0.3, 0.4) is 0 Å². The van der Waals surface area contributed by atoms with Gasteiger partial charge in [0.25, 0.3) is 0 Å². The molecule has 3 rings (SSSR count). The van der Waals surface area contributed by atoms with Crippen molar-refractivity contribution in [1.29, 1.82) is 0 Å². The van der Waals surface area contributed by atoms with Crippen molar-refractivity contribution >= 4 is 17.9 Å². The number of hydrogen-bond donors (Lipinski definition) is 5. The Kier molecular flexibility index (Phi) is 2.91. The lowest BCUT2D eigenvalue weighted by atomic mass is 9.80. The van der Waals surface area contributed by atoms with Gasteiger partial charge in [-0.15, -0.1) is 0 Å². The Hall–Kier alpha value is -2.27. The summed E-state index contributed by atoms with van der Waals surface area (Å²) in [5.74, 6) is -2.95. The van der Waals surface area contributed by atoms with E-state index in [0.717, 1.165) is 0 Å². The molecule has 8 N–H and O–H groups in total. The summed E-state index contributed by atoms with van der Waals surface area (Å²) in [6.07, 6.45) is -0.933. The third kappa shape index (κ3) is 1.66. The van der Waals surface area contributed by atoms with E-state index < -0.39 is 29.5 Å². The lowest BCUT2D eigenvalue weighted by Crippen LogP contribution is -2.71. The number of nitrogens with two attached hydrogens (primary N) is 3. The molecule has 11 heteroatoms. The fourth-order valence-electron chi connectivity index (χ4n) is 3.70. The molecule has 1 amide bonds. The number of hydrogen-bond acceptors (Lipinski definition) is 9. The summed E-state index contributed by atoms with van der Waals surface area (Å²) in [6, 6.07) is -0.967. The number of carbonyl (C=O) groups excluding carboxylic acids is 1. The highest BCUT2D eigenvalue weighted by atomic mass is 16.6. The second-order valence-corrected chi connectivity index (χ2v) is 5.74. The topological polar surface area (TPSA) is 186 Å². The largest absolute Gasteiger partial charge is 0.744 e. The molecule has 3 unspecified atom stereocenters. The Morgan fingerprint density at radius 2 is 2.23 bits per heavy atom. The molecule has 0 aliphatic carbocycles. The minimum atomic E-state index is -2.20. The third-order valence-corrected chi connectivity index (χ3v) is 4.61. The highest BCUT2D eigenvalue weighted by Gasteiger charge is 2.73. The Morgan fingerprint density at radius 3 is 2.86 bits per heavy atom. The summed E-state index contributed by atoms with van der Waals surface area (Å²) in [7, 11) is 0. The van der Waals surface area contributed by atoms with E-state index in [1.54, 1.807) is 0 Å². The van der Waals surface area contributed by atoms with Crippen LogP contribution in [0.1, 0.15) is 12.8 Å². The number of aliphatic imine (C=N–C) groups is 1. The number of aliphatic hydroxyl groups is 2. The molecule has 3 heterocycles. The van der Waals surface area contributed by atoms with Crippen LogP contribution >= 0.6 is 0 Å². The van der Waals surface area contributed by atoms with E-state index in [4.69, 9.17) is 21.9 Å². The Bertz CT molecular complexity index is 590. The first-order valence-corrected chi connectivity index (χ1v) is 6.78. The van der Waals surface area contributed by atoms with Gasteiger partial charge in [-0.1, -0.05) is 0 Å². The van der Waals surface area contributed by atoms with Crippen molar-refractivity contribution in [2.75, 3.05) is 13.2 Å². The highest BCUT2D eigenvalue weighted by Crippen LogP contribution is 2.51. The van der Waals surface area contributed by atoms with Crippen LogP contribution in [0.5, 0.6) is 0 Å². The summed E-state index contributed by atoms with van der Waals surface area (Å²) >= 11 is 0. The van der Waals surface area contributed by atoms with Gasteiger partial charge in [0.05, 0.1) is 18.3 Å². The van der Waals surface area contributed by atoms with E-state index in [2.05, 4.69) is 4.99 Å². The maximum atomic E-state index is 12.4. The van der Waals surface area contributed by atoms with E-state index in [-0.39, 0.29) is 37.8 Å². The number of hydroxylamine groups is 1. The summed E-state index contributed by atoms with van der Waals surface area (Å²) in [6.45, 7) is -0.201. The molecule has 3 aliphatic heterocycles. The van der Waals surface area contributed by atoms with Crippen molar-refractivity contribution in [2.24, 2.45) is 28.1 Å². The summed E-state index contributed by atoms with van der Waals surface area (Å²) in [5.41, 5.74) is 15.0. The van der Waals surface area contributed by atoms with E-state index in [0.29, 0.717) is 4.74 Å². The zero-order valence-corrected chi connectivity index (χ0v) is 11.7. The fraction of sp³-hybridized carbons (Fsp3) is 0.727. The quantitative estimate of drug-likeness (QED) is 0.199. The lowest BCUT2D eigenvalue weighted by molar-refractivity contribution is -0.537. The van der Waals surface area contributed by atoms with Crippen molar-refractivity contribution < 1.29 is 24.5 Å².